The van der Waals surface area contributed by atoms with E-state index >= 15 is 0 Å². The molecule has 0 spiro atoms. The van der Waals surface area contributed by atoms with Crippen molar-refractivity contribution in [1.29, 1.82) is 0 Å². The van der Waals surface area contributed by atoms with Crippen LogP contribution in [0.4, 0.5) is 5.69 Å². The first kappa shape index (κ1) is 17.7. The van der Waals surface area contributed by atoms with Crippen LogP contribution in [0.1, 0.15) is 6.92 Å². The summed E-state index contributed by atoms with van der Waals surface area (Å²) in [4.78, 5) is 5.62. The van der Waals surface area contributed by atoms with E-state index in [1.54, 1.807) is 18.9 Å². The number of benzene rings is 2. The molecule has 0 bridgehead atoms. The number of nitrogens with one attached hydrogen (secondary N) is 1. The molecule has 0 aliphatic rings. The molecule has 23 heavy (non-hydrogen) atoms. The molecule has 0 saturated heterocycles. The van der Waals surface area contributed by atoms with Crippen LogP contribution in [0.15, 0.2) is 62.9 Å². The highest BCUT2D eigenvalue weighted by Crippen LogP contribution is 2.25. The van der Waals surface area contributed by atoms with Gasteiger partial charge in [0.1, 0.15) is 5.75 Å². The highest BCUT2D eigenvalue weighted by atomic mass is 79.9. The van der Waals surface area contributed by atoms with Gasteiger partial charge in [-0.15, -0.1) is 11.8 Å². The molecule has 1 unspecified atom stereocenters. The van der Waals surface area contributed by atoms with Crippen molar-refractivity contribution in [1.82, 2.24) is 0 Å². The zero-order chi connectivity index (χ0) is 16.7. The van der Waals surface area contributed by atoms with Crippen LogP contribution in [0.2, 0.25) is 0 Å². The number of rotatable bonds is 6. The summed E-state index contributed by atoms with van der Waals surface area (Å²) in [5, 5.41) is 3.41. The maximum atomic E-state index is 5.94. The summed E-state index contributed by atoms with van der Waals surface area (Å²) in [6, 6.07) is 15.8. The molecule has 0 aromatic heterocycles. The van der Waals surface area contributed by atoms with Gasteiger partial charge in [0.05, 0.1) is 13.7 Å². The van der Waals surface area contributed by atoms with Gasteiger partial charge < -0.3 is 15.8 Å². The fourth-order valence-electron chi connectivity index (χ4n) is 1.90. The number of guanidine groups is 1. The third-order valence-electron chi connectivity index (χ3n) is 3.01. The van der Waals surface area contributed by atoms with Crippen LogP contribution in [-0.2, 0) is 0 Å². The van der Waals surface area contributed by atoms with Crippen molar-refractivity contribution in [3.05, 3.63) is 53.0 Å². The highest BCUT2D eigenvalue weighted by Gasteiger charge is 2.04. The van der Waals surface area contributed by atoms with Crippen molar-refractivity contribution >= 4 is 39.3 Å². The van der Waals surface area contributed by atoms with Gasteiger partial charge in [0.15, 0.2) is 5.96 Å². The Kier molecular flexibility index (Phi) is 6.80. The van der Waals surface area contributed by atoms with E-state index in [9.17, 15) is 0 Å². The molecule has 2 aromatic rings. The Morgan fingerprint density at radius 3 is 2.74 bits per heavy atom. The van der Waals surface area contributed by atoms with Crippen LogP contribution in [-0.4, -0.2) is 24.9 Å². The zero-order valence-corrected chi connectivity index (χ0v) is 15.5. The van der Waals surface area contributed by atoms with Crippen molar-refractivity contribution in [3.63, 3.8) is 0 Å². The van der Waals surface area contributed by atoms with Gasteiger partial charge in [0.2, 0.25) is 0 Å². The molecule has 0 saturated carbocycles. The van der Waals surface area contributed by atoms with Gasteiger partial charge in [-0.2, -0.15) is 0 Å². The molecular weight excluding hydrogens is 374 g/mol. The SMILES string of the molecule is COc1cccc(NC(N)=NCC(C)Sc2ccc(Br)cc2)c1. The molecule has 0 amide bonds. The topological polar surface area (TPSA) is 59.6 Å². The lowest BCUT2D eigenvalue weighted by Crippen LogP contribution is -2.23. The average molecular weight is 394 g/mol. The zero-order valence-electron chi connectivity index (χ0n) is 13.1. The Morgan fingerprint density at radius 1 is 1.30 bits per heavy atom. The third kappa shape index (κ3) is 6.15. The maximum absolute atomic E-state index is 5.94. The minimum Gasteiger partial charge on any atom is -0.497 e. The number of anilines is 1. The predicted molar refractivity (Wildman–Crippen MR) is 103 cm³/mol. The molecule has 0 heterocycles. The largest absolute Gasteiger partial charge is 0.497 e. The van der Waals surface area contributed by atoms with Crippen LogP contribution in [0.5, 0.6) is 5.75 Å². The van der Waals surface area contributed by atoms with Crippen molar-refractivity contribution in [2.24, 2.45) is 10.7 Å². The van der Waals surface area contributed by atoms with Gasteiger partial charge >= 0.3 is 0 Å². The third-order valence-corrected chi connectivity index (χ3v) is 4.64. The number of hydrogen-bond acceptors (Lipinski definition) is 3. The second-order valence-corrected chi connectivity index (χ2v) is 7.39. The number of methoxy groups -OCH3 is 1. The molecule has 0 fully saturated rings. The van der Waals surface area contributed by atoms with Gasteiger partial charge in [-0.1, -0.05) is 28.9 Å². The van der Waals surface area contributed by atoms with Crippen LogP contribution >= 0.6 is 27.7 Å². The normalized spacial score (nSPS) is 12.7. The second kappa shape index (κ2) is 8.84. The van der Waals surface area contributed by atoms with E-state index in [0.717, 1.165) is 15.9 Å². The number of ether oxygens (including phenoxy) is 1. The second-order valence-electron chi connectivity index (χ2n) is 4.97. The van der Waals surface area contributed by atoms with E-state index in [1.165, 1.54) is 4.90 Å². The first-order valence-corrected chi connectivity index (χ1v) is 8.87. The molecule has 2 aromatic carbocycles. The van der Waals surface area contributed by atoms with E-state index in [4.69, 9.17) is 10.5 Å². The van der Waals surface area contributed by atoms with E-state index in [0.29, 0.717) is 17.8 Å². The molecule has 4 nitrogen and oxygen atoms in total. The lowest BCUT2D eigenvalue weighted by Gasteiger charge is -2.10. The lowest BCUT2D eigenvalue weighted by molar-refractivity contribution is 0.415. The lowest BCUT2D eigenvalue weighted by atomic mass is 10.3. The average Bonchev–Trinajstić information content (AvgIpc) is 2.55. The number of aliphatic imine (C=N–C) groups is 1. The van der Waals surface area contributed by atoms with Gasteiger partial charge in [-0.25, -0.2) is 0 Å². The van der Waals surface area contributed by atoms with Gasteiger partial charge in [-0.05, 0) is 36.4 Å². The Hall–Kier alpha value is -1.66. The Bertz CT molecular complexity index is 661. The van der Waals surface area contributed by atoms with E-state index in [-0.39, 0.29) is 0 Å². The smallest absolute Gasteiger partial charge is 0.193 e. The quantitative estimate of drug-likeness (QED) is 0.434. The molecule has 1 atom stereocenters. The summed E-state index contributed by atoms with van der Waals surface area (Å²) < 4.78 is 6.26. The van der Waals surface area contributed by atoms with Crippen LogP contribution < -0.4 is 15.8 Å². The van der Waals surface area contributed by atoms with E-state index in [1.807, 2.05) is 36.4 Å². The highest BCUT2D eigenvalue weighted by molar-refractivity contribution is 9.10. The van der Waals surface area contributed by atoms with Crippen molar-refractivity contribution in [2.75, 3.05) is 19.0 Å². The first-order valence-electron chi connectivity index (χ1n) is 7.20. The summed E-state index contributed by atoms with van der Waals surface area (Å²) >= 11 is 5.21. The number of halogens is 1. The van der Waals surface area contributed by atoms with Gasteiger partial charge in [-0.3, -0.25) is 4.99 Å². The molecule has 122 valence electrons. The summed E-state index contributed by atoms with van der Waals surface area (Å²) in [6.45, 7) is 2.78. The minimum atomic E-state index is 0.335. The van der Waals surface area contributed by atoms with Gasteiger partial charge in [0.25, 0.3) is 0 Å². The monoisotopic (exact) mass is 393 g/mol. The number of nitrogens with zero attached hydrogens (tertiary/aromatic N) is 1. The number of nitrogens with two attached hydrogens (primary N) is 1. The van der Waals surface area contributed by atoms with Crippen molar-refractivity contribution < 1.29 is 4.74 Å². The summed E-state index contributed by atoms with van der Waals surface area (Å²) in [7, 11) is 1.64. The first-order chi connectivity index (χ1) is 11.1. The molecule has 0 aliphatic carbocycles. The van der Waals surface area contributed by atoms with Crippen LogP contribution in [0.3, 0.4) is 0 Å². The van der Waals surface area contributed by atoms with Crippen LogP contribution in [0.25, 0.3) is 0 Å². The predicted octanol–water partition coefficient (Wildman–Crippen LogP) is 4.37. The van der Waals surface area contributed by atoms with E-state index < -0.39 is 0 Å². The molecule has 6 heteroatoms. The van der Waals surface area contributed by atoms with Gasteiger partial charge in [0, 0.05) is 26.4 Å². The fourth-order valence-corrected chi connectivity index (χ4v) is 3.07. The number of thioether (sulfide) groups is 1. The summed E-state index contributed by atoms with van der Waals surface area (Å²) in [5.74, 6) is 1.18. The van der Waals surface area contributed by atoms with Crippen LogP contribution in [0, 0.1) is 0 Å². The Labute approximate surface area is 149 Å². The molecule has 0 aliphatic heterocycles. The van der Waals surface area contributed by atoms with Crippen molar-refractivity contribution in [3.8, 4) is 5.75 Å². The molecule has 0 radical (unpaired) electrons. The Balaban J connectivity index is 1.86. The molecular formula is C17H20BrN3OS. The fraction of sp³-hybridized carbons (Fsp3) is 0.235. The maximum Gasteiger partial charge on any atom is 0.193 e. The standard InChI is InChI=1S/C17H20BrN3OS/c1-12(23-16-8-6-13(18)7-9-16)11-20-17(19)21-14-4-3-5-15(10-14)22-2/h3-10,12H,11H2,1-2H3,(H3,19,20,21). The molecule has 3 N–H and O–H groups in total. The van der Waals surface area contributed by atoms with Crippen molar-refractivity contribution in [2.45, 2.75) is 17.1 Å². The molecule has 2 rings (SSSR count). The number of hydrogen-bond donors (Lipinski definition) is 2. The minimum absolute atomic E-state index is 0.335. The Morgan fingerprint density at radius 2 is 2.04 bits per heavy atom. The summed E-state index contributed by atoms with van der Waals surface area (Å²) in [6.07, 6.45) is 0. The van der Waals surface area contributed by atoms with E-state index in [2.05, 4.69) is 45.3 Å². The summed E-state index contributed by atoms with van der Waals surface area (Å²) in [5.41, 5.74) is 6.80.